The van der Waals surface area contributed by atoms with Gasteiger partial charge in [-0.3, -0.25) is 25.0 Å². The summed E-state index contributed by atoms with van der Waals surface area (Å²) in [6.45, 7) is 6.07. The fourth-order valence-corrected chi connectivity index (χ4v) is 1.97. The number of rotatable bonds is 7. The van der Waals surface area contributed by atoms with Crippen LogP contribution >= 0.6 is 0 Å². The van der Waals surface area contributed by atoms with Gasteiger partial charge in [0.25, 0.3) is 17.3 Å². The number of nitrogens with two attached hydrogens (primary N) is 1. The number of amides is 1. The van der Waals surface area contributed by atoms with Crippen molar-refractivity contribution in [2.24, 2.45) is 5.73 Å². The molecular formula is C12H15N4O5Y-. The summed E-state index contributed by atoms with van der Waals surface area (Å²) in [6, 6.07) is 1.77. The molecule has 0 aliphatic carbocycles. The Kier molecular flexibility index (Phi) is 8.11. The van der Waals surface area contributed by atoms with E-state index in [-0.39, 0.29) is 50.5 Å². The van der Waals surface area contributed by atoms with E-state index in [1.807, 2.05) is 6.92 Å². The maximum absolute atomic E-state index is 11.5. The molecule has 1 aromatic carbocycles. The standard InChI is InChI=1S/C12H15N4O5.Y/c1-3-5-14(4-2)11-9(12(13)17)6-8(15(18)19)7-10(11)16(20)21;/h6-7H,2-5H2,1H3,(H2,13,17);/q-1;. The quantitative estimate of drug-likeness (QED) is 0.432. The molecule has 0 aliphatic heterocycles. The molecule has 0 aliphatic rings. The van der Waals surface area contributed by atoms with Crippen molar-refractivity contribution in [1.82, 2.24) is 0 Å². The van der Waals surface area contributed by atoms with Gasteiger partial charge in [0.1, 0.15) is 5.69 Å². The molecule has 0 atom stereocenters. The van der Waals surface area contributed by atoms with Gasteiger partial charge >= 0.3 is 0 Å². The molecule has 1 aromatic rings. The number of anilines is 1. The Morgan fingerprint density at radius 3 is 2.27 bits per heavy atom. The van der Waals surface area contributed by atoms with Crippen LogP contribution in [0.25, 0.3) is 0 Å². The number of benzene rings is 1. The smallest absolute Gasteiger partial charge is 0.300 e. The average Bonchev–Trinajstić information content (AvgIpc) is 2.43. The number of non-ortho nitro benzene ring substituents is 1. The molecule has 0 fully saturated rings. The molecule has 0 aromatic heterocycles. The van der Waals surface area contributed by atoms with Gasteiger partial charge in [0.2, 0.25) is 0 Å². The van der Waals surface area contributed by atoms with E-state index in [4.69, 9.17) is 5.73 Å². The number of nitro benzene ring substituents is 2. The van der Waals surface area contributed by atoms with Crippen molar-refractivity contribution in [2.45, 2.75) is 13.3 Å². The van der Waals surface area contributed by atoms with Crippen molar-refractivity contribution in [1.29, 1.82) is 0 Å². The minimum atomic E-state index is -0.966. The Labute approximate surface area is 152 Å². The van der Waals surface area contributed by atoms with E-state index in [0.29, 0.717) is 13.0 Å². The monoisotopic (exact) mass is 384 g/mol. The minimum absolute atomic E-state index is 0. The predicted molar refractivity (Wildman–Crippen MR) is 76.1 cm³/mol. The molecule has 1 rings (SSSR count). The number of hydrogen-bond acceptors (Lipinski definition) is 6. The Morgan fingerprint density at radius 1 is 1.32 bits per heavy atom. The van der Waals surface area contributed by atoms with Crippen LogP contribution < -0.4 is 10.6 Å². The summed E-state index contributed by atoms with van der Waals surface area (Å²) in [6.07, 6.45) is 0.655. The molecule has 22 heavy (non-hydrogen) atoms. The van der Waals surface area contributed by atoms with Crippen LogP contribution in [-0.4, -0.2) is 28.8 Å². The van der Waals surface area contributed by atoms with Gasteiger partial charge in [0.15, 0.2) is 0 Å². The van der Waals surface area contributed by atoms with Gasteiger partial charge in [-0.2, -0.15) is 0 Å². The SMILES string of the molecule is [CH2-]CN(CCC)c1c(C(N)=O)cc([N+](=O)[O-])cc1[N+](=O)[O-].[Y]. The van der Waals surface area contributed by atoms with Gasteiger partial charge in [0.05, 0.1) is 21.5 Å². The third kappa shape index (κ3) is 4.44. The van der Waals surface area contributed by atoms with E-state index in [9.17, 15) is 25.0 Å². The predicted octanol–water partition coefficient (Wildman–Crippen LogP) is 1.65. The summed E-state index contributed by atoms with van der Waals surface area (Å²) in [4.78, 5) is 33.5. The van der Waals surface area contributed by atoms with Crippen LogP contribution in [0.1, 0.15) is 23.7 Å². The molecule has 1 amide bonds. The van der Waals surface area contributed by atoms with Crippen molar-refractivity contribution in [2.75, 3.05) is 18.0 Å². The summed E-state index contributed by atoms with van der Waals surface area (Å²) in [5, 5.41) is 22.0. The van der Waals surface area contributed by atoms with E-state index >= 15 is 0 Å². The second-order valence-electron chi connectivity index (χ2n) is 4.23. The molecule has 0 spiro atoms. The van der Waals surface area contributed by atoms with Crippen molar-refractivity contribution in [3.63, 3.8) is 0 Å². The van der Waals surface area contributed by atoms with E-state index in [2.05, 4.69) is 6.92 Å². The summed E-state index contributed by atoms with van der Waals surface area (Å²) in [5.74, 6) is -0.966. The Bertz CT molecular complexity index is 558. The first kappa shape index (κ1) is 20.4. The first-order chi connectivity index (χ1) is 9.83. The molecule has 0 bridgehead atoms. The zero-order valence-electron chi connectivity index (χ0n) is 12.0. The van der Waals surface area contributed by atoms with Crippen LogP contribution in [0.5, 0.6) is 0 Å². The first-order valence-electron chi connectivity index (χ1n) is 6.14. The van der Waals surface area contributed by atoms with Gasteiger partial charge in [-0.1, -0.05) is 6.92 Å². The van der Waals surface area contributed by atoms with Crippen molar-refractivity contribution in [3.8, 4) is 0 Å². The van der Waals surface area contributed by atoms with Crippen LogP contribution in [0, 0.1) is 27.2 Å². The number of carbonyl (C=O) groups is 1. The third-order valence-corrected chi connectivity index (χ3v) is 2.83. The molecular weight excluding hydrogens is 369 g/mol. The first-order valence-corrected chi connectivity index (χ1v) is 6.14. The normalized spacial score (nSPS) is 9.73. The van der Waals surface area contributed by atoms with Crippen molar-refractivity contribution < 1.29 is 47.4 Å². The topological polar surface area (TPSA) is 133 Å². The minimum Gasteiger partial charge on any atom is -0.395 e. The van der Waals surface area contributed by atoms with Gasteiger partial charge < -0.3 is 17.6 Å². The largest absolute Gasteiger partial charge is 0.395 e. The molecule has 2 N–H and O–H groups in total. The second-order valence-corrected chi connectivity index (χ2v) is 4.23. The molecule has 0 unspecified atom stereocenters. The van der Waals surface area contributed by atoms with Crippen LogP contribution in [-0.2, 0) is 32.7 Å². The van der Waals surface area contributed by atoms with E-state index in [0.717, 1.165) is 12.1 Å². The maximum atomic E-state index is 11.5. The number of primary amides is 1. The molecule has 117 valence electrons. The summed E-state index contributed by atoms with van der Waals surface area (Å²) in [5.41, 5.74) is 3.83. The molecule has 0 saturated heterocycles. The Hall–Kier alpha value is -1.61. The summed E-state index contributed by atoms with van der Waals surface area (Å²) >= 11 is 0. The molecule has 9 nitrogen and oxygen atoms in total. The fourth-order valence-electron chi connectivity index (χ4n) is 1.97. The number of nitrogens with zero attached hydrogens (tertiary/aromatic N) is 3. The molecule has 10 heteroatoms. The van der Waals surface area contributed by atoms with Crippen LogP contribution in [0.3, 0.4) is 0 Å². The zero-order chi connectivity index (χ0) is 16.2. The van der Waals surface area contributed by atoms with E-state index in [1.165, 1.54) is 4.90 Å². The molecule has 0 saturated carbocycles. The van der Waals surface area contributed by atoms with Crippen molar-refractivity contribution >= 4 is 23.0 Å². The van der Waals surface area contributed by atoms with Gasteiger partial charge in [0, 0.05) is 45.3 Å². The number of nitro groups is 2. The molecule has 0 heterocycles. The average molecular weight is 384 g/mol. The summed E-state index contributed by atoms with van der Waals surface area (Å²) in [7, 11) is 0. The van der Waals surface area contributed by atoms with Gasteiger partial charge in [-0.15, -0.1) is 6.54 Å². The number of carbonyl (C=O) groups excluding carboxylic acids is 1. The van der Waals surface area contributed by atoms with Gasteiger partial charge in [-0.05, 0) is 6.42 Å². The van der Waals surface area contributed by atoms with Gasteiger partial charge in [-0.25, -0.2) is 0 Å². The van der Waals surface area contributed by atoms with Crippen LogP contribution in [0.4, 0.5) is 17.1 Å². The zero-order valence-corrected chi connectivity index (χ0v) is 14.9. The van der Waals surface area contributed by atoms with Crippen LogP contribution in [0.2, 0.25) is 0 Å². The summed E-state index contributed by atoms with van der Waals surface area (Å²) < 4.78 is 0. The third-order valence-electron chi connectivity index (χ3n) is 2.83. The molecule has 1 radical (unpaired) electrons. The Morgan fingerprint density at radius 2 is 1.91 bits per heavy atom. The van der Waals surface area contributed by atoms with E-state index in [1.54, 1.807) is 0 Å². The van der Waals surface area contributed by atoms with Crippen molar-refractivity contribution in [3.05, 3.63) is 44.8 Å². The fraction of sp³-hybridized carbons (Fsp3) is 0.333. The number of hydrogen-bond donors (Lipinski definition) is 1. The second kappa shape index (κ2) is 8.74. The van der Waals surface area contributed by atoms with E-state index < -0.39 is 27.1 Å². The van der Waals surface area contributed by atoms with Crippen LogP contribution in [0.15, 0.2) is 12.1 Å². The Balaban J connectivity index is 0.00000441. The maximum Gasteiger partial charge on any atom is 0.300 e.